The van der Waals surface area contributed by atoms with Crippen molar-refractivity contribution in [3.05, 3.63) is 41.7 Å². The van der Waals surface area contributed by atoms with Crippen molar-refractivity contribution in [2.45, 2.75) is 39.3 Å². The van der Waals surface area contributed by atoms with Gasteiger partial charge in [-0.3, -0.25) is 9.59 Å². The average molecular weight is 346 g/mol. The van der Waals surface area contributed by atoms with Gasteiger partial charge in [-0.2, -0.15) is 0 Å². The van der Waals surface area contributed by atoms with Crippen molar-refractivity contribution in [2.75, 3.05) is 6.61 Å². The summed E-state index contributed by atoms with van der Waals surface area (Å²) in [7, 11) is 0. The van der Waals surface area contributed by atoms with Crippen LogP contribution >= 0.6 is 0 Å². The molecule has 8 nitrogen and oxygen atoms in total. The summed E-state index contributed by atoms with van der Waals surface area (Å²) >= 11 is 0. The molecule has 2 rings (SSSR count). The maximum atomic E-state index is 11.9. The quantitative estimate of drug-likeness (QED) is 0.673. The summed E-state index contributed by atoms with van der Waals surface area (Å²) in [4.78, 5) is 22.5. The van der Waals surface area contributed by atoms with Crippen LogP contribution in [-0.2, 0) is 29.1 Å². The first kappa shape index (κ1) is 18.4. The summed E-state index contributed by atoms with van der Waals surface area (Å²) in [6.07, 6.45) is 3.46. The van der Waals surface area contributed by atoms with Crippen LogP contribution < -0.4 is 10.1 Å². The predicted molar refractivity (Wildman–Crippen MR) is 90.1 cm³/mol. The van der Waals surface area contributed by atoms with Crippen LogP contribution in [0.5, 0.6) is 5.75 Å². The van der Waals surface area contributed by atoms with Crippen LogP contribution in [0, 0.1) is 0 Å². The van der Waals surface area contributed by atoms with Gasteiger partial charge in [0.2, 0.25) is 5.91 Å². The Morgan fingerprint density at radius 2 is 2.04 bits per heavy atom. The minimum Gasteiger partial charge on any atom is -0.494 e. The van der Waals surface area contributed by atoms with Gasteiger partial charge in [0, 0.05) is 6.42 Å². The first-order valence-electron chi connectivity index (χ1n) is 8.16. The maximum Gasteiger partial charge on any atom is 0.325 e. The molecule has 1 aromatic carbocycles. The Labute approximate surface area is 145 Å². The number of rotatable bonds is 10. The molecule has 2 aromatic rings. The molecule has 0 saturated heterocycles. The Morgan fingerprint density at radius 3 is 2.72 bits per heavy atom. The smallest absolute Gasteiger partial charge is 0.325 e. The summed E-state index contributed by atoms with van der Waals surface area (Å²) in [5, 5.41) is 18.9. The highest BCUT2D eigenvalue weighted by molar-refractivity contribution is 5.76. The molecule has 0 atom stereocenters. The second-order valence-corrected chi connectivity index (χ2v) is 5.57. The Hall–Kier alpha value is -2.90. The number of aliphatic carboxylic acids is 1. The highest BCUT2D eigenvalue weighted by Crippen LogP contribution is 2.13. The molecule has 0 bridgehead atoms. The van der Waals surface area contributed by atoms with Gasteiger partial charge in [0.1, 0.15) is 18.0 Å². The normalized spacial score (nSPS) is 10.4. The molecule has 1 aromatic heterocycles. The van der Waals surface area contributed by atoms with Gasteiger partial charge in [0.25, 0.3) is 0 Å². The van der Waals surface area contributed by atoms with Crippen molar-refractivity contribution in [3.63, 3.8) is 0 Å². The van der Waals surface area contributed by atoms with E-state index in [4.69, 9.17) is 9.84 Å². The van der Waals surface area contributed by atoms with Crippen molar-refractivity contribution in [3.8, 4) is 5.75 Å². The third kappa shape index (κ3) is 6.62. The first-order chi connectivity index (χ1) is 12.1. The van der Waals surface area contributed by atoms with Crippen molar-refractivity contribution in [1.29, 1.82) is 0 Å². The van der Waals surface area contributed by atoms with Crippen molar-refractivity contribution in [2.24, 2.45) is 0 Å². The summed E-state index contributed by atoms with van der Waals surface area (Å²) in [5.74, 6) is -0.259. The average Bonchev–Trinajstić information content (AvgIpc) is 3.04. The number of hydrogen-bond donors (Lipinski definition) is 2. The molecule has 0 spiro atoms. The summed E-state index contributed by atoms with van der Waals surface area (Å²) in [6.45, 7) is 2.72. The molecule has 25 heavy (non-hydrogen) atoms. The van der Waals surface area contributed by atoms with Crippen LogP contribution in [0.1, 0.15) is 31.0 Å². The Bertz CT molecular complexity index is 697. The van der Waals surface area contributed by atoms with E-state index >= 15 is 0 Å². The number of nitrogens with zero attached hydrogens (tertiary/aromatic N) is 3. The van der Waals surface area contributed by atoms with Crippen molar-refractivity contribution in [1.82, 2.24) is 20.3 Å². The van der Waals surface area contributed by atoms with E-state index in [-0.39, 0.29) is 19.0 Å². The van der Waals surface area contributed by atoms with E-state index in [1.807, 2.05) is 24.3 Å². The number of nitrogens with one attached hydrogen (secondary N) is 1. The van der Waals surface area contributed by atoms with Crippen LogP contribution in [0.25, 0.3) is 0 Å². The lowest BCUT2D eigenvalue weighted by atomic mass is 10.1. The fraction of sp³-hybridized carbons (Fsp3) is 0.412. The molecule has 0 aliphatic rings. The number of ether oxygens (including phenoxy) is 1. The molecular formula is C17H22N4O4. The number of amides is 1. The molecule has 1 amide bonds. The van der Waals surface area contributed by atoms with Gasteiger partial charge < -0.3 is 15.2 Å². The lowest BCUT2D eigenvalue weighted by molar-refractivity contribution is -0.138. The van der Waals surface area contributed by atoms with Crippen LogP contribution in [0.2, 0.25) is 0 Å². The van der Waals surface area contributed by atoms with Gasteiger partial charge in [-0.15, -0.1) is 5.10 Å². The Kier molecular flexibility index (Phi) is 6.94. The molecule has 0 fully saturated rings. The van der Waals surface area contributed by atoms with Crippen LogP contribution in [-0.4, -0.2) is 38.6 Å². The molecule has 134 valence electrons. The highest BCUT2D eigenvalue weighted by atomic mass is 16.5. The van der Waals surface area contributed by atoms with Crippen LogP contribution in [0.4, 0.5) is 0 Å². The number of carboxylic acid groups (broad SMARTS) is 1. The number of aryl methyl sites for hydroxylation is 1. The third-order valence-electron chi connectivity index (χ3n) is 3.39. The molecule has 0 aliphatic heterocycles. The number of aromatic nitrogens is 3. The molecule has 0 unspecified atom stereocenters. The predicted octanol–water partition coefficient (Wildman–Crippen LogP) is 1.40. The number of hydrogen-bond acceptors (Lipinski definition) is 5. The molecule has 8 heteroatoms. The molecule has 1 heterocycles. The minimum atomic E-state index is -0.994. The number of benzene rings is 1. The van der Waals surface area contributed by atoms with Gasteiger partial charge in [0.15, 0.2) is 0 Å². The Balaban J connectivity index is 1.71. The lowest BCUT2D eigenvalue weighted by Gasteiger charge is -2.06. The zero-order valence-corrected chi connectivity index (χ0v) is 14.1. The minimum absolute atomic E-state index is 0.0981. The van der Waals surface area contributed by atoms with Crippen LogP contribution in [0.15, 0.2) is 30.5 Å². The largest absolute Gasteiger partial charge is 0.494 e. The van der Waals surface area contributed by atoms with E-state index in [0.29, 0.717) is 25.1 Å². The second-order valence-electron chi connectivity index (χ2n) is 5.57. The molecule has 0 saturated carbocycles. The van der Waals surface area contributed by atoms with Gasteiger partial charge in [-0.05, 0) is 30.5 Å². The van der Waals surface area contributed by atoms with Crippen molar-refractivity contribution < 1.29 is 19.4 Å². The van der Waals surface area contributed by atoms with E-state index < -0.39 is 5.97 Å². The zero-order valence-electron chi connectivity index (χ0n) is 14.1. The standard InChI is InChI=1S/C17H22N4O4/c1-2-9-25-15-6-3-13(4-7-15)5-8-16(22)18-10-14-11-21(20-19-14)12-17(23)24/h3-4,6-7,11H,2,5,8-10,12H2,1H3,(H,18,22)(H,23,24). The second kappa shape index (κ2) is 9.41. The van der Waals surface area contributed by atoms with E-state index in [1.54, 1.807) is 0 Å². The molecule has 2 N–H and O–H groups in total. The van der Waals surface area contributed by atoms with Gasteiger partial charge in [-0.25, -0.2) is 4.68 Å². The number of carbonyl (C=O) groups is 2. The monoisotopic (exact) mass is 346 g/mol. The summed E-state index contributed by atoms with van der Waals surface area (Å²) in [6, 6.07) is 7.72. The van der Waals surface area contributed by atoms with Gasteiger partial charge in [-0.1, -0.05) is 24.3 Å². The van der Waals surface area contributed by atoms with E-state index in [1.165, 1.54) is 10.9 Å². The summed E-state index contributed by atoms with van der Waals surface area (Å²) < 4.78 is 6.73. The number of carboxylic acids is 1. The fourth-order valence-electron chi connectivity index (χ4n) is 2.14. The Morgan fingerprint density at radius 1 is 1.28 bits per heavy atom. The van der Waals surface area contributed by atoms with Gasteiger partial charge in [0.05, 0.1) is 19.3 Å². The first-order valence-corrected chi connectivity index (χ1v) is 8.16. The van der Waals surface area contributed by atoms with E-state index in [9.17, 15) is 9.59 Å². The van der Waals surface area contributed by atoms with Gasteiger partial charge >= 0.3 is 5.97 Å². The zero-order chi connectivity index (χ0) is 18.1. The van der Waals surface area contributed by atoms with Crippen LogP contribution in [0.3, 0.4) is 0 Å². The lowest BCUT2D eigenvalue weighted by Crippen LogP contribution is -2.23. The third-order valence-corrected chi connectivity index (χ3v) is 3.39. The topological polar surface area (TPSA) is 106 Å². The van der Waals surface area contributed by atoms with E-state index in [0.717, 1.165) is 17.7 Å². The SMILES string of the molecule is CCCOc1ccc(CCC(=O)NCc2cn(CC(=O)O)nn2)cc1. The molecule has 0 radical (unpaired) electrons. The highest BCUT2D eigenvalue weighted by Gasteiger charge is 2.07. The fourth-order valence-corrected chi connectivity index (χ4v) is 2.14. The van der Waals surface area contributed by atoms with Crippen molar-refractivity contribution >= 4 is 11.9 Å². The summed E-state index contributed by atoms with van der Waals surface area (Å²) in [5.41, 5.74) is 1.58. The maximum absolute atomic E-state index is 11.9. The van der Waals surface area contributed by atoms with E-state index in [2.05, 4.69) is 22.6 Å². The number of carbonyl (C=O) groups excluding carboxylic acids is 1. The molecule has 0 aliphatic carbocycles. The molecular weight excluding hydrogens is 324 g/mol.